The third-order valence-electron chi connectivity index (χ3n) is 5.96. The molecule has 1 fully saturated rings. The second-order valence-electron chi connectivity index (χ2n) is 7.82. The first-order valence-electron chi connectivity index (χ1n) is 10.8. The van der Waals surface area contributed by atoms with Gasteiger partial charge in [-0.25, -0.2) is 4.98 Å². The van der Waals surface area contributed by atoms with Gasteiger partial charge in [-0.3, -0.25) is 9.69 Å². The summed E-state index contributed by atoms with van der Waals surface area (Å²) in [6.07, 6.45) is 0. The van der Waals surface area contributed by atoms with Crippen molar-refractivity contribution >= 4 is 28.7 Å². The number of hydrogen-bond acceptors (Lipinski definition) is 5. The quantitative estimate of drug-likeness (QED) is 0.502. The van der Waals surface area contributed by atoms with Crippen molar-refractivity contribution in [3.63, 3.8) is 0 Å². The number of imidazole rings is 1. The molecular formula is C24H30N4O2S. The van der Waals surface area contributed by atoms with Gasteiger partial charge in [0.15, 0.2) is 5.16 Å². The number of ether oxygens (including phenoxy) is 1. The number of para-hydroxylation sites is 2. The minimum absolute atomic E-state index is 0.183. The van der Waals surface area contributed by atoms with Gasteiger partial charge in [-0.05, 0) is 24.6 Å². The van der Waals surface area contributed by atoms with Gasteiger partial charge in [0.1, 0.15) is 0 Å². The molecule has 1 aliphatic rings. The van der Waals surface area contributed by atoms with E-state index < -0.39 is 0 Å². The van der Waals surface area contributed by atoms with Gasteiger partial charge in [0.05, 0.1) is 23.4 Å². The van der Waals surface area contributed by atoms with Gasteiger partial charge in [-0.2, -0.15) is 0 Å². The van der Waals surface area contributed by atoms with Gasteiger partial charge < -0.3 is 14.2 Å². The number of piperazine rings is 1. The van der Waals surface area contributed by atoms with E-state index in [-0.39, 0.29) is 5.91 Å². The van der Waals surface area contributed by atoms with Gasteiger partial charge in [0.2, 0.25) is 5.91 Å². The van der Waals surface area contributed by atoms with Crippen molar-refractivity contribution in [1.29, 1.82) is 0 Å². The highest BCUT2D eigenvalue weighted by Crippen LogP contribution is 2.25. The van der Waals surface area contributed by atoms with E-state index in [4.69, 9.17) is 9.72 Å². The molecule has 7 heteroatoms. The normalized spacial score (nSPS) is 16.0. The lowest BCUT2D eigenvalue weighted by Gasteiger charge is -2.38. The van der Waals surface area contributed by atoms with Gasteiger partial charge >= 0.3 is 0 Å². The van der Waals surface area contributed by atoms with Gasteiger partial charge in [-0.15, -0.1) is 0 Å². The highest BCUT2D eigenvalue weighted by atomic mass is 32.2. The summed E-state index contributed by atoms with van der Waals surface area (Å²) in [7, 11) is 1.70. The van der Waals surface area contributed by atoms with E-state index in [1.165, 1.54) is 17.3 Å². The zero-order valence-corrected chi connectivity index (χ0v) is 19.1. The molecule has 164 valence electrons. The van der Waals surface area contributed by atoms with E-state index in [2.05, 4.69) is 46.7 Å². The molecule has 1 atom stereocenters. The van der Waals surface area contributed by atoms with E-state index >= 15 is 0 Å². The summed E-state index contributed by atoms with van der Waals surface area (Å²) in [6, 6.07) is 19.0. The molecule has 0 N–H and O–H groups in total. The Morgan fingerprint density at radius 2 is 1.77 bits per heavy atom. The number of nitrogens with zero attached hydrogens (tertiary/aromatic N) is 4. The number of methoxy groups -OCH3 is 1. The molecule has 0 saturated carbocycles. The number of carbonyl (C=O) groups excluding carboxylic acids is 1. The zero-order chi connectivity index (χ0) is 21.6. The van der Waals surface area contributed by atoms with Crippen LogP contribution >= 0.6 is 11.8 Å². The first-order valence-corrected chi connectivity index (χ1v) is 11.8. The molecule has 0 aliphatic carbocycles. The Morgan fingerprint density at radius 3 is 2.52 bits per heavy atom. The number of thioether (sulfide) groups is 1. The predicted octanol–water partition coefficient (Wildman–Crippen LogP) is 3.68. The number of amides is 1. The van der Waals surface area contributed by atoms with Gasteiger partial charge in [-0.1, -0.05) is 54.2 Å². The van der Waals surface area contributed by atoms with Crippen LogP contribution < -0.4 is 0 Å². The Kier molecular flexibility index (Phi) is 7.27. The summed E-state index contributed by atoms with van der Waals surface area (Å²) < 4.78 is 7.41. The number of carbonyl (C=O) groups is 1. The van der Waals surface area contributed by atoms with Crippen molar-refractivity contribution in [2.24, 2.45) is 0 Å². The molecule has 2 heterocycles. The van der Waals surface area contributed by atoms with E-state index in [1.54, 1.807) is 7.11 Å². The maximum absolute atomic E-state index is 12.9. The van der Waals surface area contributed by atoms with Crippen LogP contribution in [0.5, 0.6) is 0 Å². The molecule has 31 heavy (non-hydrogen) atoms. The monoisotopic (exact) mass is 438 g/mol. The summed E-state index contributed by atoms with van der Waals surface area (Å²) in [5.74, 6) is 0.590. The number of hydrogen-bond donors (Lipinski definition) is 0. The lowest BCUT2D eigenvalue weighted by Crippen LogP contribution is -2.49. The van der Waals surface area contributed by atoms with E-state index in [9.17, 15) is 4.79 Å². The third-order valence-corrected chi connectivity index (χ3v) is 6.92. The van der Waals surface area contributed by atoms with Crippen molar-refractivity contribution in [1.82, 2.24) is 19.4 Å². The van der Waals surface area contributed by atoms with Crippen molar-refractivity contribution in [3.8, 4) is 0 Å². The molecule has 3 aromatic rings. The average Bonchev–Trinajstić information content (AvgIpc) is 3.18. The second-order valence-corrected chi connectivity index (χ2v) is 8.76. The smallest absolute Gasteiger partial charge is 0.233 e. The summed E-state index contributed by atoms with van der Waals surface area (Å²) in [5, 5.41) is 0.878. The number of rotatable bonds is 8. The first-order chi connectivity index (χ1) is 15.2. The van der Waals surface area contributed by atoms with Crippen molar-refractivity contribution in [2.75, 3.05) is 45.6 Å². The van der Waals surface area contributed by atoms with Crippen LogP contribution in [0.3, 0.4) is 0 Å². The summed E-state index contributed by atoms with van der Waals surface area (Å²) in [5.41, 5.74) is 3.36. The van der Waals surface area contributed by atoms with Gasteiger partial charge in [0, 0.05) is 45.9 Å². The lowest BCUT2D eigenvalue weighted by atomic mass is 10.1. The number of fused-ring (bicyclic) bond motifs is 1. The highest BCUT2D eigenvalue weighted by Gasteiger charge is 2.25. The van der Waals surface area contributed by atoms with Crippen LogP contribution in [-0.4, -0.2) is 70.9 Å². The molecule has 0 unspecified atom stereocenters. The molecule has 2 aromatic carbocycles. The minimum Gasteiger partial charge on any atom is -0.383 e. The average molecular weight is 439 g/mol. The fraction of sp³-hybridized carbons (Fsp3) is 0.417. The number of aromatic nitrogens is 2. The molecular weight excluding hydrogens is 408 g/mol. The maximum atomic E-state index is 12.9. The van der Waals surface area contributed by atoms with Crippen LogP contribution in [0.25, 0.3) is 11.0 Å². The number of benzene rings is 2. The summed E-state index contributed by atoms with van der Waals surface area (Å²) in [4.78, 5) is 22.1. The molecule has 1 aliphatic heterocycles. The fourth-order valence-corrected chi connectivity index (χ4v) is 5.02. The molecule has 0 bridgehead atoms. The minimum atomic E-state index is 0.183. The lowest BCUT2D eigenvalue weighted by molar-refractivity contribution is -0.130. The predicted molar refractivity (Wildman–Crippen MR) is 125 cm³/mol. The standard InChI is InChI=1S/C24H30N4O2S/c1-19(20-8-4-3-5-9-20)26-12-14-27(15-13-26)23(29)18-31-24-25-21-10-6-7-11-22(21)28(24)16-17-30-2/h3-11,19H,12-18H2,1-2H3/t19-/m0/s1. The summed E-state index contributed by atoms with van der Waals surface area (Å²) in [6.45, 7) is 6.94. The first kappa shape index (κ1) is 21.9. The van der Waals surface area contributed by atoms with Crippen molar-refractivity contribution < 1.29 is 9.53 Å². The Labute approximate surface area is 188 Å². The highest BCUT2D eigenvalue weighted by molar-refractivity contribution is 7.99. The summed E-state index contributed by atoms with van der Waals surface area (Å²) >= 11 is 1.52. The van der Waals surface area contributed by atoms with E-state index in [0.717, 1.165) is 48.9 Å². The SMILES string of the molecule is COCCn1c(SCC(=O)N2CCN([C@@H](C)c3ccccc3)CC2)nc2ccccc21. The zero-order valence-electron chi connectivity index (χ0n) is 18.2. The van der Waals surface area contributed by atoms with Crippen LogP contribution in [0, 0.1) is 0 Å². The third kappa shape index (κ3) is 5.11. The van der Waals surface area contributed by atoms with E-state index in [1.807, 2.05) is 29.2 Å². The van der Waals surface area contributed by atoms with Crippen LogP contribution in [0.4, 0.5) is 0 Å². The molecule has 1 saturated heterocycles. The van der Waals surface area contributed by atoms with E-state index in [0.29, 0.717) is 18.4 Å². The van der Waals surface area contributed by atoms with Crippen LogP contribution in [0.2, 0.25) is 0 Å². The Bertz CT molecular complexity index is 999. The Morgan fingerprint density at radius 1 is 1.06 bits per heavy atom. The van der Waals surface area contributed by atoms with Crippen LogP contribution in [-0.2, 0) is 16.1 Å². The Hall–Kier alpha value is -2.35. The van der Waals surface area contributed by atoms with Crippen molar-refractivity contribution in [3.05, 3.63) is 60.2 Å². The van der Waals surface area contributed by atoms with Crippen LogP contribution in [0.15, 0.2) is 59.8 Å². The Balaban J connectivity index is 1.34. The molecule has 6 nitrogen and oxygen atoms in total. The fourth-order valence-electron chi connectivity index (χ4n) is 4.08. The van der Waals surface area contributed by atoms with Crippen molar-refractivity contribution in [2.45, 2.75) is 24.7 Å². The topological polar surface area (TPSA) is 50.6 Å². The molecule has 1 aromatic heterocycles. The second kappa shape index (κ2) is 10.3. The largest absolute Gasteiger partial charge is 0.383 e. The molecule has 0 spiro atoms. The van der Waals surface area contributed by atoms with Gasteiger partial charge in [0.25, 0.3) is 0 Å². The van der Waals surface area contributed by atoms with Crippen LogP contribution in [0.1, 0.15) is 18.5 Å². The molecule has 4 rings (SSSR count). The molecule has 0 radical (unpaired) electrons. The molecule has 1 amide bonds. The maximum Gasteiger partial charge on any atom is 0.233 e.